The Morgan fingerprint density at radius 2 is 1.89 bits per heavy atom. The first-order chi connectivity index (χ1) is 8.65. The summed E-state index contributed by atoms with van der Waals surface area (Å²) in [5.41, 5.74) is 0. The number of para-hydroxylation sites is 1. The van der Waals surface area contributed by atoms with Crippen LogP contribution in [0.5, 0.6) is 5.75 Å². The molecule has 0 spiro atoms. The molecule has 0 saturated heterocycles. The minimum Gasteiger partial charge on any atom is -0.410 e. The van der Waals surface area contributed by atoms with Gasteiger partial charge in [0.1, 0.15) is 5.75 Å². The van der Waals surface area contributed by atoms with Crippen LogP contribution in [0.4, 0.5) is 4.79 Å². The standard InChI is InChI=1S/C15H23NO2/c1-4-5-9-12-16(13(2)3)15(17)18-14-10-7-6-8-11-14/h6-8,10-11,13H,4-5,9,12H2,1-3H3. The van der Waals surface area contributed by atoms with Crippen LogP contribution in [0.1, 0.15) is 40.0 Å². The average Bonchev–Trinajstić information content (AvgIpc) is 2.35. The van der Waals surface area contributed by atoms with Crippen molar-refractivity contribution >= 4 is 6.09 Å². The van der Waals surface area contributed by atoms with Crippen molar-refractivity contribution in [3.8, 4) is 5.75 Å². The highest BCUT2D eigenvalue weighted by atomic mass is 16.6. The van der Waals surface area contributed by atoms with E-state index in [1.807, 2.05) is 32.0 Å². The number of carbonyl (C=O) groups excluding carboxylic acids is 1. The molecule has 3 nitrogen and oxygen atoms in total. The van der Waals surface area contributed by atoms with Gasteiger partial charge in [-0.15, -0.1) is 0 Å². The largest absolute Gasteiger partial charge is 0.415 e. The van der Waals surface area contributed by atoms with Gasteiger partial charge in [-0.1, -0.05) is 38.0 Å². The molecule has 0 unspecified atom stereocenters. The molecule has 3 heteroatoms. The Labute approximate surface area is 110 Å². The zero-order chi connectivity index (χ0) is 13.4. The van der Waals surface area contributed by atoms with Crippen LogP contribution in [0.3, 0.4) is 0 Å². The molecule has 0 aliphatic heterocycles. The lowest BCUT2D eigenvalue weighted by Gasteiger charge is -2.25. The summed E-state index contributed by atoms with van der Waals surface area (Å²) in [7, 11) is 0. The maximum atomic E-state index is 12.1. The van der Waals surface area contributed by atoms with Crippen molar-refractivity contribution in [1.29, 1.82) is 0 Å². The summed E-state index contributed by atoms with van der Waals surface area (Å²) in [4.78, 5) is 13.8. The van der Waals surface area contributed by atoms with E-state index >= 15 is 0 Å². The molecule has 1 rings (SSSR count). The molecule has 0 saturated carbocycles. The number of unbranched alkanes of at least 4 members (excludes halogenated alkanes) is 2. The van der Waals surface area contributed by atoms with E-state index in [4.69, 9.17) is 4.74 Å². The van der Waals surface area contributed by atoms with Crippen molar-refractivity contribution < 1.29 is 9.53 Å². The average molecular weight is 249 g/mol. The summed E-state index contributed by atoms with van der Waals surface area (Å²) in [6.45, 7) is 6.94. The highest BCUT2D eigenvalue weighted by Gasteiger charge is 2.18. The van der Waals surface area contributed by atoms with Crippen LogP contribution in [0.15, 0.2) is 30.3 Å². The van der Waals surface area contributed by atoms with Gasteiger partial charge in [0.05, 0.1) is 0 Å². The summed E-state index contributed by atoms with van der Waals surface area (Å²) in [6.07, 6.45) is 3.06. The molecule has 0 fully saturated rings. The van der Waals surface area contributed by atoms with Crippen molar-refractivity contribution in [2.75, 3.05) is 6.54 Å². The van der Waals surface area contributed by atoms with E-state index in [-0.39, 0.29) is 12.1 Å². The first kappa shape index (κ1) is 14.6. The molecular weight excluding hydrogens is 226 g/mol. The van der Waals surface area contributed by atoms with Crippen molar-refractivity contribution in [2.45, 2.75) is 46.1 Å². The molecule has 1 aromatic carbocycles. The van der Waals surface area contributed by atoms with Crippen LogP contribution in [0.2, 0.25) is 0 Å². The maximum absolute atomic E-state index is 12.1. The molecule has 0 bridgehead atoms. The highest BCUT2D eigenvalue weighted by Crippen LogP contribution is 2.12. The third-order valence-corrected chi connectivity index (χ3v) is 2.81. The summed E-state index contributed by atoms with van der Waals surface area (Å²) >= 11 is 0. The molecule has 0 heterocycles. The summed E-state index contributed by atoms with van der Waals surface area (Å²) in [5.74, 6) is 0.601. The molecule has 0 N–H and O–H groups in total. The number of nitrogens with zero attached hydrogens (tertiary/aromatic N) is 1. The number of amides is 1. The summed E-state index contributed by atoms with van der Waals surface area (Å²) in [5, 5.41) is 0. The molecule has 0 atom stereocenters. The first-order valence-corrected chi connectivity index (χ1v) is 6.68. The number of benzene rings is 1. The summed E-state index contributed by atoms with van der Waals surface area (Å²) in [6, 6.07) is 9.38. The monoisotopic (exact) mass is 249 g/mol. The fraction of sp³-hybridized carbons (Fsp3) is 0.533. The molecule has 0 aromatic heterocycles. The Morgan fingerprint density at radius 1 is 1.22 bits per heavy atom. The van der Waals surface area contributed by atoms with E-state index in [9.17, 15) is 4.79 Å². The van der Waals surface area contributed by atoms with Gasteiger partial charge in [0.25, 0.3) is 0 Å². The van der Waals surface area contributed by atoms with Crippen LogP contribution in [0.25, 0.3) is 0 Å². The molecule has 0 aliphatic rings. The molecule has 1 amide bonds. The molecule has 0 aliphatic carbocycles. The normalized spacial score (nSPS) is 10.4. The maximum Gasteiger partial charge on any atom is 0.415 e. The molecule has 18 heavy (non-hydrogen) atoms. The van der Waals surface area contributed by atoms with E-state index in [1.165, 1.54) is 0 Å². The van der Waals surface area contributed by atoms with E-state index in [0.29, 0.717) is 5.75 Å². The third-order valence-electron chi connectivity index (χ3n) is 2.81. The number of hydrogen-bond donors (Lipinski definition) is 0. The van der Waals surface area contributed by atoms with Crippen LogP contribution >= 0.6 is 0 Å². The second-order valence-electron chi connectivity index (χ2n) is 4.68. The fourth-order valence-corrected chi connectivity index (χ4v) is 1.74. The molecule has 0 radical (unpaired) electrons. The van der Waals surface area contributed by atoms with Gasteiger partial charge in [-0.25, -0.2) is 4.79 Å². The molecule has 1 aromatic rings. The van der Waals surface area contributed by atoms with Crippen molar-refractivity contribution in [1.82, 2.24) is 4.90 Å². The predicted octanol–water partition coefficient (Wildman–Crippen LogP) is 4.09. The second-order valence-corrected chi connectivity index (χ2v) is 4.68. The number of carbonyl (C=O) groups is 1. The van der Waals surface area contributed by atoms with Gasteiger partial charge in [0.2, 0.25) is 0 Å². The Balaban J connectivity index is 2.54. The number of ether oxygens (including phenoxy) is 1. The number of hydrogen-bond acceptors (Lipinski definition) is 2. The van der Waals surface area contributed by atoms with Crippen LogP contribution < -0.4 is 4.74 Å². The van der Waals surface area contributed by atoms with E-state index in [2.05, 4.69) is 6.92 Å². The predicted molar refractivity (Wildman–Crippen MR) is 73.8 cm³/mol. The van der Waals surface area contributed by atoms with Gasteiger partial charge >= 0.3 is 6.09 Å². The van der Waals surface area contributed by atoms with Crippen molar-refractivity contribution in [2.24, 2.45) is 0 Å². The lowest BCUT2D eigenvalue weighted by atomic mass is 10.2. The van der Waals surface area contributed by atoms with Crippen LogP contribution in [-0.4, -0.2) is 23.6 Å². The van der Waals surface area contributed by atoms with Crippen LogP contribution in [0, 0.1) is 0 Å². The molecular formula is C15H23NO2. The lowest BCUT2D eigenvalue weighted by Crippen LogP contribution is -2.39. The van der Waals surface area contributed by atoms with Gasteiger partial charge in [-0.2, -0.15) is 0 Å². The minimum absolute atomic E-state index is 0.165. The van der Waals surface area contributed by atoms with Crippen molar-refractivity contribution in [3.63, 3.8) is 0 Å². The molecule has 100 valence electrons. The topological polar surface area (TPSA) is 29.5 Å². The van der Waals surface area contributed by atoms with E-state index < -0.39 is 0 Å². The summed E-state index contributed by atoms with van der Waals surface area (Å²) < 4.78 is 5.36. The van der Waals surface area contributed by atoms with E-state index in [1.54, 1.807) is 17.0 Å². The zero-order valence-corrected chi connectivity index (χ0v) is 11.6. The third kappa shape index (κ3) is 4.78. The lowest BCUT2D eigenvalue weighted by molar-refractivity contribution is 0.137. The van der Waals surface area contributed by atoms with Gasteiger partial charge < -0.3 is 9.64 Å². The van der Waals surface area contributed by atoms with Gasteiger partial charge in [-0.05, 0) is 32.4 Å². The van der Waals surface area contributed by atoms with Crippen molar-refractivity contribution in [3.05, 3.63) is 30.3 Å². The highest BCUT2D eigenvalue weighted by molar-refractivity contribution is 5.70. The van der Waals surface area contributed by atoms with E-state index in [0.717, 1.165) is 25.8 Å². The van der Waals surface area contributed by atoms with Gasteiger partial charge in [0.15, 0.2) is 0 Å². The Hall–Kier alpha value is -1.51. The Morgan fingerprint density at radius 3 is 2.44 bits per heavy atom. The first-order valence-electron chi connectivity index (χ1n) is 6.68. The SMILES string of the molecule is CCCCCN(C(=O)Oc1ccccc1)C(C)C. The Bertz CT molecular complexity index is 349. The Kier molecular flexibility index (Phi) is 6.26. The smallest absolute Gasteiger partial charge is 0.410 e. The zero-order valence-electron chi connectivity index (χ0n) is 11.6. The quantitative estimate of drug-likeness (QED) is 0.711. The van der Waals surface area contributed by atoms with Crippen LogP contribution in [-0.2, 0) is 0 Å². The fourth-order valence-electron chi connectivity index (χ4n) is 1.74. The number of rotatable bonds is 6. The minimum atomic E-state index is -0.257. The second kappa shape index (κ2) is 7.75. The van der Waals surface area contributed by atoms with Gasteiger partial charge in [0, 0.05) is 12.6 Å². The van der Waals surface area contributed by atoms with Gasteiger partial charge in [-0.3, -0.25) is 0 Å².